The highest BCUT2D eigenvalue weighted by Gasteiger charge is 2.26. The summed E-state index contributed by atoms with van der Waals surface area (Å²) in [4.78, 5) is 20.7. The summed E-state index contributed by atoms with van der Waals surface area (Å²) in [6, 6.07) is 152. The zero-order valence-electron chi connectivity index (χ0n) is 67.0. The molecule has 8 heterocycles. The van der Waals surface area contributed by atoms with Gasteiger partial charge in [0.1, 0.15) is 33.7 Å². The molecule has 0 saturated carbocycles. The highest BCUT2D eigenvalue weighted by molar-refractivity contribution is 6.15. The van der Waals surface area contributed by atoms with Crippen LogP contribution in [0.15, 0.2) is 446 Å². The van der Waals surface area contributed by atoms with Crippen molar-refractivity contribution in [3.05, 3.63) is 437 Å². The van der Waals surface area contributed by atoms with Gasteiger partial charge in [-0.2, -0.15) is 10.2 Å². The predicted octanol–water partition coefficient (Wildman–Crippen LogP) is 29.7. The summed E-state index contributed by atoms with van der Waals surface area (Å²) in [7, 11) is 0. The van der Waals surface area contributed by atoms with Crippen molar-refractivity contribution in [2.24, 2.45) is 0 Å². The average Bonchev–Trinajstić information content (AvgIpc) is 1.57. The largest absolute Gasteiger partial charge is 0.456 e. The Bertz CT molecular complexity index is 8170. The summed E-state index contributed by atoms with van der Waals surface area (Å²) in [6.45, 7) is 0. The number of furan rings is 2. The van der Waals surface area contributed by atoms with E-state index in [1.807, 2.05) is 72.8 Å². The van der Waals surface area contributed by atoms with E-state index in [2.05, 4.69) is 373 Å². The van der Waals surface area contributed by atoms with Crippen molar-refractivity contribution in [3.8, 4) is 157 Å². The molecule has 0 atom stereocenters. The maximum Gasteiger partial charge on any atom is 0.160 e. The topological polar surface area (TPSA) is 112 Å². The lowest BCUT2D eigenvalue weighted by Gasteiger charge is -2.11. The molecule has 580 valence electrons. The van der Waals surface area contributed by atoms with Gasteiger partial charge in [-0.3, -0.25) is 0 Å². The molecular formula is C114H72N8O2. The summed E-state index contributed by atoms with van der Waals surface area (Å²) in [5.41, 5.74) is 32.1. The second kappa shape index (κ2) is 30.8. The van der Waals surface area contributed by atoms with E-state index in [-0.39, 0.29) is 0 Å². The minimum atomic E-state index is 0.669. The molecule has 10 nitrogen and oxygen atoms in total. The maximum absolute atomic E-state index is 6.25. The number of para-hydroxylation sites is 2. The van der Waals surface area contributed by atoms with Crippen LogP contribution in [0.3, 0.4) is 0 Å². The summed E-state index contributed by atoms with van der Waals surface area (Å²) >= 11 is 0. The van der Waals surface area contributed by atoms with Gasteiger partial charge in [0.25, 0.3) is 0 Å². The van der Waals surface area contributed by atoms with Gasteiger partial charge >= 0.3 is 0 Å². The summed E-state index contributed by atoms with van der Waals surface area (Å²) in [5.74, 6) is 1.34. The third kappa shape index (κ3) is 13.1. The van der Waals surface area contributed by atoms with Crippen molar-refractivity contribution in [1.29, 1.82) is 0 Å². The zero-order valence-corrected chi connectivity index (χ0v) is 67.0. The van der Waals surface area contributed by atoms with Crippen LogP contribution in [-0.2, 0) is 0 Å². The Hall–Kier alpha value is -16.8. The summed E-state index contributed by atoms with van der Waals surface area (Å²) in [6.07, 6.45) is 0. The Labute approximate surface area is 713 Å². The Balaban J connectivity index is 0.000000143. The number of fused-ring (bicyclic) bond motifs is 12. The number of hydrogen-bond acceptors (Lipinski definition) is 8. The van der Waals surface area contributed by atoms with Crippen molar-refractivity contribution < 1.29 is 8.83 Å². The van der Waals surface area contributed by atoms with Crippen molar-refractivity contribution in [1.82, 2.24) is 39.2 Å². The molecule has 24 aromatic rings. The van der Waals surface area contributed by atoms with E-state index in [0.717, 1.165) is 211 Å². The van der Waals surface area contributed by atoms with Gasteiger partial charge in [0, 0.05) is 99.1 Å². The number of pyridine rings is 2. The number of aromatic nitrogens is 8. The van der Waals surface area contributed by atoms with Crippen LogP contribution < -0.4 is 0 Å². The third-order valence-corrected chi connectivity index (χ3v) is 23.7. The zero-order chi connectivity index (χ0) is 82.0. The van der Waals surface area contributed by atoms with E-state index in [1.54, 1.807) is 0 Å². The summed E-state index contributed by atoms with van der Waals surface area (Å²) < 4.78 is 16.7. The first kappa shape index (κ1) is 72.4. The molecule has 16 aromatic carbocycles. The molecule has 0 fully saturated rings. The Morgan fingerprint density at radius 1 is 0.194 bits per heavy atom. The van der Waals surface area contributed by atoms with Gasteiger partial charge in [0.15, 0.2) is 11.6 Å². The molecule has 0 aliphatic heterocycles. The maximum atomic E-state index is 6.25. The first-order valence-corrected chi connectivity index (χ1v) is 41.7. The van der Waals surface area contributed by atoms with E-state index in [4.69, 9.17) is 39.0 Å². The molecule has 24 rings (SSSR count). The standard InChI is InChI=1S/2C57H36N4O/c1-4-16-38(17-5-1)50-35-43-22-10-11-25-46(43)56-53(39-18-6-2-7-19-39)55(60-61(50)56)40-32-30-37(31-33-40)48-36-49(59-57(58-48)41-20-8-3-9-21-41)44-24-14-23-42(34-44)45-27-15-29-52-54(45)47-26-12-13-28-51(47)62-52;1-4-15-40(16-5-1)50-35-44-21-10-11-22-46(44)56-53(41-17-6-2-7-18-41)55(60-61(50)56)42-33-31-39(32-34-42)49-36-48(58-57(59-49)43-19-8-3-9-20-43)38-29-27-37(28-30-38)45-24-14-26-52-54(45)47-23-12-13-25-51(47)62-52/h2*1-36H. The van der Waals surface area contributed by atoms with Gasteiger partial charge in [-0.15, -0.1) is 0 Å². The molecule has 124 heavy (non-hydrogen) atoms. The lowest BCUT2D eigenvalue weighted by atomic mass is 9.96. The van der Waals surface area contributed by atoms with Crippen LogP contribution >= 0.6 is 0 Å². The van der Waals surface area contributed by atoms with Crippen molar-refractivity contribution in [3.63, 3.8) is 0 Å². The van der Waals surface area contributed by atoms with Crippen LogP contribution in [0.25, 0.3) is 234 Å². The molecule has 0 bridgehead atoms. The number of rotatable bonds is 14. The monoisotopic (exact) mass is 1580 g/mol. The molecule has 0 spiro atoms. The molecule has 0 aliphatic rings. The van der Waals surface area contributed by atoms with E-state index < -0.39 is 0 Å². The van der Waals surface area contributed by atoms with Crippen LogP contribution in [0, 0.1) is 0 Å². The molecule has 0 N–H and O–H groups in total. The quantitative estimate of drug-likeness (QED) is 0.106. The number of hydrogen-bond donors (Lipinski definition) is 0. The minimum Gasteiger partial charge on any atom is -0.456 e. The van der Waals surface area contributed by atoms with Gasteiger partial charge in [-0.05, 0) is 98.8 Å². The molecule has 0 saturated heterocycles. The average molecular weight is 1590 g/mol. The third-order valence-electron chi connectivity index (χ3n) is 23.7. The van der Waals surface area contributed by atoms with Crippen LogP contribution in [0.5, 0.6) is 0 Å². The highest BCUT2D eigenvalue weighted by atomic mass is 16.3. The lowest BCUT2D eigenvalue weighted by Crippen LogP contribution is -1.96. The van der Waals surface area contributed by atoms with Crippen molar-refractivity contribution in [2.75, 3.05) is 0 Å². The fourth-order valence-corrected chi connectivity index (χ4v) is 17.8. The molecule has 0 unspecified atom stereocenters. The molecule has 8 aromatic heterocycles. The van der Waals surface area contributed by atoms with Crippen molar-refractivity contribution in [2.45, 2.75) is 0 Å². The molecule has 0 amide bonds. The van der Waals surface area contributed by atoms with Gasteiger partial charge in [0.2, 0.25) is 0 Å². The molecular weight excluding hydrogens is 1510 g/mol. The van der Waals surface area contributed by atoms with Gasteiger partial charge < -0.3 is 8.83 Å². The second-order valence-electron chi connectivity index (χ2n) is 31.2. The van der Waals surface area contributed by atoms with E-state index in [0.29, 0.717) is 11.6 Å². The van der Waals surface area contributed by atoms with E-state index in [9.17, 15) is 0 Å². The lowest BCUT2D eigenvalue weighted by molar-refractivity contribution is 0.668. The smallest absolute Gasteiger partial charge is 0.160 e. The van der Waals surface area contributed by atoms with Gasteiger partial charge in [-0.25, -0.2) is 29.0 Å². The van der Waals surface area contributed by atoms with Crippen LogP contribution in [-0.4, -0.2) is 39.2 Å². The molecule has 10 heteroatoms. The van der Waals surface area contributed by atoms with Crippen LogP contribution in [0.2, 0.25) is 0 Å². The molecule has 0 aliphatic carbocycles. The number of benzene rings is 16. The minimum absolute atomic E-state index is 0.669. The first-order valence-electron chi connectivity index (χ1n) is 41.7. The van der Waals surface area contributed by atoms with E-state index >= 15 is 0 Å². The Morgan fingerprint density at radius 3 is 0.903 bits per heavy atom. The Morgan fingerprint density at radius 2 is 0.492 bits per heavy atom. The molecule has 0 radical (unpaired) electrons. The summed E-state index contributed by atoms with van der Waals surface area (Å²) in [5, 5.41) is 20.0. The fourth-order valence-electron chi connectivity index (χ4n) is 17.8. The van der Waals surface area contributed by atoms with Crippen molar-refractivity contribution >= 4 is 76.5 Å². The first-order chi connectivity index (χ1) is 61.5. The van der Waals surface area contributed by atoms with Gasteiger partial charge in [-0.1, -0.05) is 382 Å². The highest BCUT2D eigenvalue weighted by Crippen LogP contribution is 2.47. The fraction of sp³-hybridized carbons (Fsp3) is 0. The SMILES string of the molecule is c1ccc(-c2nc(-c3ccc(-c4nn5c(-c6ccccc6)cc6ccccc6c5c4-c4ccccc4)cc3)cc(-c3ccc(-c4cccc5oc6ccccc6c45)cc3)n2)cc1.c1ccc(-c2nc(-c3ccc(-c4nn5c(-c6ccccc6)cc6ccccc6c5c4-c4ccccc4)cc3)cc(-c3cccc(-c4cccc5oc6ccccc6c45)c3)n2)cc1. The predicted molar refractivity (Wildman–Crippen MR) is 507 cm³/mol. The second-order valence-corrected chi connectivity index (χ2v) is 31.2. The number of nitrogens with zero attached hydrogens (tertiary/aromatic N) is 8. The van der Waals surface area contributed by atoms with E-state index in [1.165, 1.54) is 10.8 Å². The normalized spacial score (nSPS) is 11.5. The van der Waals surface area contributed by atoms with Crippen LogP contribution in [0.4, 0.5) is 0 Å². The van der Waals surface area contributed by atoms with Gasteiger partial charge in [0.05, 0.1) is 45.2 Å². The Kier molecular flexibility index (Phi) is 18.0. The van der Waals surface area contributed by atoms with Crippen LogP contribution in [0.1, 0.15) is 0 Å².